The van der Waals surface area contributed by atoms with E-state index in [1.54, 1.807) is 0 Å². The monoisotopic (exact) mass is 331 g/mol. The topological polar surface area (TPSA) is 84.8 Å². The maximum atomic E-state index is 5.88. The zero-order chi connectivity index (χ0) is 16.5. The summed E-state index contributed by atoms with van der Waals surface area (Å²) >= 11 is 0. The molecule has 3 heterocycles. The summed E-state index contributed by atoms with van der Waals surface area (Å²) in [5, 5.41) is 16.1. The van der Waals surface area contributed by atoms with Crippen LogP contribution in [0.2, 0.25) is 0 Å². The van der Waals surface area contributed by atoms with Crippen LogP contribution < -0.4 is 0 Å². The van der Waals surface area contributed by atoms with Crippen molar-refractivity contribution < 1.29 is 4.74 Å². The first-order valence-corrected chi connectivity index (χ1v) is 8.88. The predicted molar refractivity (Wildman–Crippen MR) is 87.3 cm³/mol. The van der Waals surface area contributed by atoms with Gasteiger partial charge in [-0.25, -0.2) is 4.98 Å². The van der Waals surface area contributed by atoms with Crippen molar-refractivity contribution >= 4 is 0 Å². The standard InChI is InChI=1S/C16H25N7O/c1-3-4-13-17-15(20-18-13)12-9-23(7-8-24-12)10-14-19-21-16(22(14)2)11-5-6-11/h11-12H,3-10H2,1-2H3,(H,17,18,20)/t12-/m0/s1. The van der Waals surface area contributed by atoms with E-state index < -0.39 is 0 Å². The number of rotatable bonds is 6. The summed E-state index contributed by atoms with van der Waals surface area (Å²) in [4.78, 5) is 6.92. The van der Waals surface area contributed by atoms with Crippen LogP contribution in [0.1, 0.15) is 61.5 Å². The molecule has 1 aliphatic carbocycles. The molecule has 2 fully saturated rings. The Labute approximate surface area is 141 Å². The summed E-state index contributed by atoms with van der Waals surface area (Å²) in [5.74, 6) is 4.49. The van der Waals surface area contributed by atoms with Crippen LogP contribution in [0.4, 0.5) is 0 Å². The highest BCUT2D eigenvalue weighted by Crippen LogP contribution is 2.38. The van der Waals surface area contributed by atoms with Crippen LogP contribution in [0.3, 0.4) is 0 Å². The molecule has 1 saturated heterocycles. The van der Waals surface area contributed by atoms with Crippen LogP contribution in [0.25, 0.3) is 0 Å². The van der Waals surface area contributed by atoms with Crippen LogP contribution >= 0.6 is 0 Å². The lowest BCUT2D eigenvalue weighted by molar-refractivity contribution is -0.0380. The number of nitrogens with one attached hydrogen (secondary N) is 1. The second kappa shape index (κ2) is 6.60. The molecule has 24 heavy (non-hydrogen) atoms. The zero-order valence-corrected chi connectivity index (χ0v) is 14.4. The van der Waals surface area contributed by atoms with Crippen molar-refractivity contribution in [3.8, 4) is 0 Å². The van der Waals surface area contributed by atoms with Crippen molar-refractivity contribution in [2.24, 2.45) is 7.05 Å². The number of aryl methyl sites for hydroxylation is 1. The number of aromatic nitrogens is 6. The van der Waals surface area contributed by atoms with Crippen LogP contribution in [-0.2, 0) is 24.8 Å². The van der Waals surface area contributed by atoms with Crippen molar-refractivity contribution in [3.05, 3.63) is 23.3 Å². The van der Waals surface area contributed by atoms with Crippen molar-refractivity contribution in [2.75, 3.05) is 19.7 Å². The van der Waals surface area contributed by atoms with Crippen molar-refractivity contribution in [2.45, 2.75) is 51.2 Å². The third-order valence-corrected chi connectivity index (χ3v) is 4.78. The van der Waals surface area contributed by atoms with Gasteiger partial charge < -0.3 is 9.30 Å². The van der Waals surface area contributed by atoms with Gasteiger partial charge in [-0.15, -0.1) is 10.2 Å². The van der Waals surface area contributed by atoms with E-state index >= 15 is 0 Å². The summed E-state index contributed by atoms with van der Waals surface area (Å²) < 4.78 is 8.04. The van der Waals surface area contributed by atoms with Gasteiger partial charge >= 0.3 is 0 Å². The fraction of sp³-hybridized carbons (Fsp3) is 0.750. The maximum Gasteiger partial charge on any atom is 0.180 e. The van der Waals surface area contributed by atoms with Gasteiger partial charge in [-0.1, -0.05) is 6.92 Å². The smallest absolute Gasteiger partial charge is 0.180 e. The molecule has 4 rings (SSSR count). The fourth-order valence-corrected chi connectivity index (χ4v) is 3.22. The molecule has 2 aliphatic rings. The van der Waals surface area contributed by atoms with E-state index in [9.17, 15) is 0 Å². The van der Waals surface area contributed by atoms with Crippen LogP contribution in [0.15, 0.2) is 0 Å². The van der Waals surface area contributed by atoms with Gasteiger partial charge in [-0.3, -0.25) is 10.00 Å². The van der Waals surface area contributed by atoms with E-state index in [2.05, 4.69) is 48.8 Å². The van der Waals surface area contributed by atoms with Crippen molar-refractivity contribution in [3.63, 3.8) is 0 Å². The Morgan fingerprint density at radius 3 is 2.96 bits per heavy atom. The molecule has 8 heteroatoms. The molecule has 0 unspecified atom stereocenters. The molecular weight excluding hydrogens is 306 g/mol. The summed E-state index contributed by atoms with van der Waals surface area (Å²) in [6, 6.07) is 0. The highest BCUT2D eigenvalue weighted by Gasteiger charge is 2.30. The summed E-state index contributed by atoms with van der Waals surface area (Å²) in [5.41, 5.74) is 0. The van der Waals surface area contributed by atoms with Gasteiger partial charge in [-0.05, 0) is 19.3 Å². The average Bonchev–Trinajstić information content (AvgIpc) is 3.22. The van der Waals surface area contributed by atoms with Gasteiger partial charge in [0.2, 0.25) is 0 Å². The molecule has 0 radical (unpaired) electrons. The number of ether oxygens (including phenoxy) is 1. The molecule has 1 atom stereocenters. The lowest BCUT2D eigenvalue weighted by Crippen LogP contribution is -2.38. The minimum absolute atomic E-state index is 0.0725. The number of hydrogen-bond donors (Lipinski definition) is 1. The summed E-state index contributed by atoms with van der Waals surface area (Å²) in [7, 11) is 2.08. The second-order valence-corrected chi connectivity index (χ2v) is 6.79. The van der Waals surface area contributed by atoms with Crippen LogP contribution in [-0.4, -0.2) is 54.5 Å². The maximum absolute atomic E-state index is 5.88. The largest absolute Gasteiger partial charge is 0.367 e. The van der Waals surface area contributed by atoms with Gasteiger partial charge in [0.15, 0.2) is 5.82 Å². The number of nitrogens with zero attached hydrogens (tertiary/aromatic N) is 6. The highest BCUT2D eigenvalue weighted by molar-refractivity contribution is 5.08. The Kier molecular flexibility index (Phi) is 4.32. The molecule has 0 aromatic carbocycles. The van der Waals surface area contributed by atoms with E-state index in [4.69, 9.17) is 4.74 Å². The molecule has 1 N–H and O–H groups in total. The molecule has 0 spiro atoms. The average molecular weight is 331 g/mol. The Hall–Kier alpha value is -1.80. The molecule has 2 aromatic heterocycles. The van der Waals surface area contributed by atoms with Gasteiger partial charge in [0.1, 0.15) is 23.6 Å². The van der Waals surface area contributed by atoms with Gasteiger partial charge in [0, 0.05) is 32.5 Å². The molecule has 0 bridgehead atoms. The van der Waals surface area contributed by atoms with E-state index in [0.717, 1.165) is 55.8 Å². The molecule has 130 valence electrons. The zero-order valence-electron chi connectivity index (χ0n) is 14.4. The minimum atomic E-state index is -0.0725. The number of H-pyrrole nitrogens is 1. The third-order valence-electron chi connectivity index (χ3n) is 4.78. The normalized spacial score (nSPS) is 22.2. The predicted octanol–water partition coefficient (Wildman–Crippen LogP) is 1.34. The van der Waals surface area contributed by atoms with Crippen LogP contribution in [0, 0.1) is 0 Å². The number of hydrogen-bond acceptors (Lipinski definition) is 6. The Balaban J connectivity index is 1.41. The number of morpholine rings is 1. The highest BCUT2D eigenvalue weighted by atomic mass is 16.5. The summed E-state index contributed by atoms with van der Waals surface area (Å²) in [6.45, 7) is 5.30. The van der Waals surface area contributed by atoms with Crippen molar-refractivity contribution in [1.82, 2.24) is 34.8 Å². The molecule has 0 amide bonds. The van der Waals surface area contributed by atoms with Gasteiger partial charge in [0.05, 0.1) is 13.2 Å². The van der Waals surface area contributed by atoms with Crippen LogP contribution in [0.5, 0.6) is 0 Å². The lowest BCUT2D eigenvalue weighted by Gasteiger charge is -2.31. The first-order chi connectivity index (χ1) is 11.7. The third kappa shape index (κ3) is 3.21. The Morgan fingerprint density at radius 1 is 1.29 bits per heavy atom. The Bertz CT molecular complexity index is 690. The number of aromatic amines is 1. The second-order valence-electron chi connectivity index (χ2n) is 6.79. The quantitative estimate of drug-likeness (QED) is 0.860. The molecule has 8 nitrogen and oxygen atoms in total. The first-order valence-electron chi connectivity index (χ1n) is 8.88. The SMILES string of the molecule is CCCc1nc([C@@H]2CN(Cc3nnc(C4CC4)n3C)CCO2)n[nH]1. The van der Waals surface area contributed by atoms with Crippen molar-refractivity contribution in [1.29, 1.82) is 0 Å². The van der Waals surface area contributed by atoms with E-state index in [1.807, 2.05) is 0 Å². The van der Waals surface area contributed by atoms with Gasteiger partial charge in [0.25, 0.3) is 0 Å². The molecule has 2 aromatic rings. The molecular formula is C16H25N7O. The molecule has 1 saturated carbocycles. The minimum Gasteiger partial charge on any atom is -0.367 e. The lowest BCUT2D eigenvalue weighted by atomic mass is 10.2. The van der Waals surface area contributed by atoms with E-state index in [-0.39, 0.29) is 6.10 Å². The first kappa shape index (κ1) is 15.7. The van der Waals surface area contributed by atoms with E-state index in [0.29, 0.717) is 12.5 Å². The fourth-order valence-electron chi connectivity index (χ4n) is 3.22. The van der Waals surface area contributed by atoms with E-state index in [1.165, 1.54) is 12.8 Å². The Morgan fingerprint density at radius 2 is 2.17 bits per heavy atom. The van der Waals surface area contributed by atoms with Gasteiger partial charge in [-0.2, -0.15) is 5.10 Å². The summed E-state index contributed by atoms with van der Waals surface area (Å²) in [6.07, 6.45) is 4.40. The molecule has 1 aliphatic heterocycles.